The SMILES string of the molecule is Cc1cc(C(=O)N2CCN(Cc3ccccc3)CC2)ccc1N(C)S(C)(=O)=O. The largest absolute Gasteiger partial charge is 0.336 e. The smallest absolute Gasteiger partial charge is 0.253 e. The third-order valence-corrected chi connectivity index (χ3v) is 6.38. The number of piperazine rings is 1. The summed E-state index contributed by atoms with van der Waals surface area (Å²) in [6.07, 6.45) is 1.17. The van der Waals surface area contributed by atoms with E-state index in [9.17, 15) is 13.2 Å². The first-order chi connectivity index (χ1) is 13.3. The molecule has 3 rings (SSSR count). The average Bonchev–Trinajstić information content (AvgIpc) is 2.67. The van der Waals surface area contributed by atoms with Gasteiger partial charge in [0.25, 0.3) is 5.91 Å². The highest BCUT2D eigenvalue weighted by molar-refractivity contribution is 7.92. The van der Waals surface area contributed by atoms with Crippen molar-refractivity contribution in [2.45, 2.75) is 13.5 Å². The molecule has 0 bridgehead atoms. The summed E-state index contributed by atoms with van der Waals surface area (Å²) in [6.45, 7) is 5.79. The number of hydrogen-bond acceptors (Lipinski definition) is 4. The molecule has 1 aliphatic rings. The Bertz CT molecular complexity index is 937. The van der Waals surface area contributed by atoms with E-state index < -0.39 is 10.0 Å². The molecular weight excluding hydrogens is 374 g/mol. The number of carbonyl (C=O) groups excluding carboxylic acids is 1. The molecule has 0 aromatic heterocycles. The Morgan fingerprint density at radius 1 is 1.04 bits per heavy atom. The molecule has 0 spiro atoms. The summed E-state index contributed by atoms with van der Waals surface area (Å²) in [5.41, 5.74) is 3.23. The van der Waals surface area contributed by atoms with Gasteiger partial charge < -0.3 is 4.90 Å². The fraction of sp³-hybridized carbons (Fsp3) is 0.381. The van der Waals surface area contributed by atoms with E-state index >= 15 is 0 Å². The Balaban J connectivity index is 1.63. The molecule has 2 aromatic carbocycles. The second kappa shape index (κ2) is 8.32. The lowest BCUT2D eigenvalue weighted by Gasteiger charge is -2.35. The Kier molecular flexibility index (Phi) is 6.05. The van der Waals surface area contributed by atoms with Crippen LogP contribution in [0.25, 0.3) is 0 Å². The number of rotatable bonds is 5. The first-order valence-corrected chi connectivity index (χ1v) is 11.2. The van der Waals surface area contributed by atoms with Crippen molar-refractivity contribution in [1.29, 1.82) is 0 Å². The van der Waals surface area contributed by atoms with E-state index in [1.54, 1.807) is 18.2 Å². The summed E-state index contributed by atoms with van der Waals surface area (Å²) in [7, 11) is -1.81. The van der Waals surface area contributed by atoms with Gasteiger partial charge in [0.05, 0.1) is 11.9 Å². The second-order valence-electron chi connectivity index (χ2n) is 7.29. The Morgan fingerprint density at radius 3 is 2.25 bits per heavy atom. The highest BCUT2D eigenvalue weighted by atomic mass is 32.2. The molecular formula is C21H27N3O3S. The van der Waals surface area contributed by atoms with E-state index in [2.05, 4.69) is 17.0 Å². The summed E-state index contributed by atoms with van der Waals surface area (Å²) < 4.78 is 24.8. The van der Waals surface area contributed by atoms with Crippen LogP contribution in [0.2, 0.25) is 0 Å². The number of benzene rings is 2. The van der Waals surface area contributed by atoms with E-state index in [1.807, 2.05) is 30.0 Å². The summed E-state index contributed by atoms with van der Waals surface area (Å²) in [6, 6.07) is 15.5. The molecule has 1 heterocycles. The van der Waals surface area contributed by atoms with Crippen molar-refractivity contribution in [2.75, 3.05) is 43.8 Å². The van der Waals surface area contributed by atoms with E-state index in [-0.39, 0.29) is 5.91 Å². The van der Waals surface area contributed by atoms with Crippen LogP contribution < -0.4 is 4.31 Å². The Morgan fingerprint density at radius 2 is 1.68 bits per heavy atom. The van der Waals surface area contributed by atoms with E-state index in [4.69, 9.17) is 0 Å². The minimum atomic E-state index is -3.33. The number of amides is 1. The van der Waals surface area contributed by atoms with Gasteiger partial charge in [0.1, 0.15) is 0 Å². The molecule has 150 valence electrons. The van der Waals surface area contributed by atoms with Gasteiger partial charge in [-0.3, -0.25) is 14.0 Å². The van der Waals surface area contributed by atoms with Crippen LogP contribution in [-0.2, 0) is 16.6 Å². The van der Waals surface area contributed by atoms with Gasteiger partial charge in [-0.1, -0.05) is 30.3 Å². The quantitative estimate of drug-likeness (QED) is 0.772. The van der Waals surface area contributed by atoms with Crippen molar-refractivity contribution in [3.8, 4) is 0 Å². The van der Waals surface area contributed by atoms with Crippen LogP contribution in [0.4, 0.5) is 5.69 Å². The number of aryl methyl sites for hydroxylation is 1. The molecule has 0 saturated carbocycles. The Labute approximate surface area is 167 Å². The van der Waals surface area contributed by atoms with Crippen molar-refractivity contribution < 1.29 is 13.2 Å². The lowest BCUT2D eigenvalue weighted by molar-refractivity contribution is 0.0628. The van der Waals surface area contributed by atoms with Crippen molar-refractivity contribution in [3.63, 3.8) is 0 Å². The van der Waals surface area contributed by atoms with Gasteiger partial charge in [0.15, 0.2) is 0 Å². The molecule has 1 fully saturated rings. The molecule has 0 radical (unpaired) electrons. The van der Waals surface area contributed by atoms with E-state index in [1.165, 1.54) is 23.2 Å². The van der Waals surface area contributed by atoms with Crippen molar-refractivity contribution in [1.82, 2.24) is 9.80 Å². The monoisotopic (exact) mass is 401 g/mol. The number of sulfonamides is 1. The van der Waals surface area contributed by atoms with Crippen LogP contribution in [-0.4, -0.2) is 63.6 Å². The predicted octanol–water partition coefficient (Wildman–Crippen LogP) is 2.35. The number of carbonyl (C=O) groups is 1. The van der Waals surface area contributed by atoms with Crippen LogP contribution in [0.5, 0.6) is 0 Å². The van der Waals surface area contributed by atoms with Gasteiger partial charge in [0, 0.05) is 45.3 Å². The van der Waals surface area contributed by atoms with Crippen molar-refractivity contribution >= 4 is 21.6 Å². The van der Waals surface area contributed by atoms with Gasteiger partial charge >= 0.3 is 0 Å². The molecule has 1 aliphatic heterocycles. The maximum absolute atomic E-state index is 12.9. The molecule has 0 atom stereocenters. The molecule has 1 saturated heterocycles. The molecule has 7 heteroatoms. The molecule has 6 nitrogen and oxygen atoms in total. The fourth-order valence-corrected chi connectivity index (χ4v) is 4.02. The third kappa shape index (κ3) is 4.72. The van der Waals surface area contributed by atoms with Crippen LogP contribution in [0.1, 0.15) is 21.5 Å². The standard InChI is InChI=1S/C21H27N3O3S/c1-17-15-19(9-10-20(17)22(2)28(3,26)27)21(25)24-13-11-23(12-14-24)16-18-7-5-4-6-8-18/h4-10,15H,11-14,16H2,1-3H3. The maximum Gasteiger partial charge on any atom is 0.253 e. The van der Waals surface area contributed by atoms with Crippen molar-refractivity contribution in [3.05, 3.63) is 65.2 Å². The van der Waals surface area contributed by atoms with Crippen LogP contribution >= 0.6 is 0 Å². The van der Waals surface area contributed by atoms with Crippen molar-refractivity contribution in [2.24, 2.45) is 0 Å². The number of nitrogens with zero attached hydrogens (tertiary/aromatic N) is 3. The van der Waals surface area contributed by atoms with Gasteiger partial charge in [-0.05, 0) is 36.2 Å². The third-order valence-electron chi connectivity index (χ3n) is 5.19. The molecule has 1 amide bonds. The lowest BCUT2D eigenvalue weighted by Crippen LogP contribution is -2.48. The highest BCUT2D eigenvalue weighted by Crippen LogP contribution is 2.23. The van der Waals surface area contributed by atoms with E-state index in [0.29, 0.717) is 24.3 Å². The summed E-state index contributed by atoms with van der Waals surface area (Å²) >= 11 is 0. The minimum absolute atomic E-state index is 0.00369. The van der Waals surface area contributed by atoms with Crippen LogP contribution in [0.3, 0.4) is 0 Å². The first-order valence-electron chi connectivity index (χ1n) is 9.36. The molecule has 0 aliphatic carbocycles. The van der Waals surface area contributed by atoms with E-state index in [0.717, 1.165) is 25.2 Å². The van der Waals surface area contributed by atoms with Crippen LogP contribution in [0, 0.1) is 6.92 Å². The maximum atomic E-state index is 12.9. The van der Waals surface area contributed by atoms with Gasteiger partial charge in [-0.25, -0.2) is 8.42 Å². The molecule has 2 aromatic rings. The zero-order chi connectivity index (χ0) is 20.3. The normalized spacial score (nSPS) is 15.5. The predicted molar refractivity (Wildman–Crippen MR) is 112 cm³/mol. The summed E-state index contributed by atoms with van der Waals surface area (Å²) in [4.78, 5) is 17.1. The van der Waals surface area contributed by atoms with Gasteiger partial charge in [-0.2, -0.15) is 0 Å². The summed E-state index contributed by atoms with van der Waals surface area (Å²) in [5, 5.41) is 0. The van der Waals surface area contributed by atoms with Gasteiger partial charge in [0.2, 0.25) is 10.0 Å². The second-order valence-corrected chi connectivity index (χ2v) is 9.30. The highest BCUT2D eigenvalue weighted by Gasteiger charge is 2.23. The Hall–Kier alpha value is -2.38. The first kappa shape index (κ1) is 20.4. The van der Waals surface area contributed by atoms with Gasteiger partial charge in [-0.15, -0.1) is 0 Å². The molecule has 0 N–H and O–H groups in total. The lowest BCUT2D eigenvalue weighted by atomic mass is 10.1. The zero-order valence-corrected chi connectivity index (χ0v) is 17.4. The number of anilines is 1. The number of hydrogen-bond donors (Lipinski definition) is 0. The molecule has 0 unspecified atom stereocenters. The zero-order valence-electron chi connectivity index (χ0n) is 16.6. The average molecular weight is 402 g/mol. The minimum Gasteiger partial charge on any atom is -0.336 e. The summed E-state index contributed by atoms with van der Waals surface area (Å²) in [5.74, 6) is -0.00369. The topological polar surface area (TPSA) is 60.9 Å². The molecule has 28 heavy (non-hydrogen) atoms. The van der Waals surface area contributed by atoms with Crippen LogP contribution in [0.15, 0.2) is 48.5 Å². The fourth-order valence-electron chi connectivity index (χ4n) is 3.45.